The second kappa shape index (κ2) is 9.38. The molecule has 1 aliphatic rings. The highest BCUT2D eigenvalue weighted by Gasteiger charge is 2.20. The highest BCUT2D eigenvalue weighted by atomic mass is 35.5. The molecule has 0 saturated heterocycles. The maximum absolute atomic E-state index is 12.9. The van der Waals surface area contributed by atoms with Gasteiger partial charge in [-0.25, -0.2) is 0 Å². The molecule has 27 heavy (non-hydrogen) atoms. The lowest BCUT2D eigenvalue weighted by Crippen LogP contribution is -2.32. The Morgan fingerprint density at radius 2 is 1.81 bits per heavy atom. The van der Waals surface area contributed by atoms with Crippen LogP contribution in [0.4, 0.5) is 0 Å². The van der Waals surface area contributed by atoms with Gasteiger partial charge in [-0.15, -0.1) is 0 Å². The van der Waals surface area contributed by atoms with E-state index in [1.165, 1.54) is 32.1 Å². The van der Waals surface area contributed by atoms with Gasteiger partial charge in [-0.2, -0.15) is 0 Å². The summed E-state index contributed by atoms with van der Waals surface area (Å²) in [4.78, 5) is 14.8. The van der Waals surface area contributed by atoms with Crippen LogP contribution in [0.2, 0.25) is 5.02 Å². The SMILES string of the molecule is COCc1cc(C(=O)N(C)CC2CCCCC2)ccc1-c1ccc(Cl)cc1. The van der Waals surface area contributed by atoms with Crippen molar-refractivity contribution in [1.29, 1.82) is 0 Å². The first-order valence-corrected chi connectivity index (χ1v) is 10.1. The quantitative estimate of drug-likeness (QED) is 0.628. The highest BCUT2D eigenvalue weighted by Crippen LogP contribution is 2.28. The van der Waals surface area contributed by atoms with Gasteiger partial charge in [0.1, 0.15) is 0 Å². The molecule has 0 aliphatic heterocycles. The summed E-state index contributed by atoms with van der Waals surface area (Å²) in [5, 5.41) is 0.711. The summed E-state index contributed by atoms with van der Waals surface area (Å²) >= 11 is 6.01. The highest BCUT2D eigenvalue weighted by molar-refractivity contribution is 6.30. The van der Waals surface area contributed by atoms with Crippen molar-refractivity contribution >= 4 is 17.5 Å². The molecule has 3 rings (SSSR count). The van der Waals surface area contributed by atoms with Crippen LogP contribution in [0.1, 0.15) is 48.0 Å². The number of halogens is 1. The lowest BCUT2D eigenvalue weighted by molar-refractivity contribution is 0.0760. The van der Waals surface area contributed by atoms with E-state index in [-0.39, 0.29) is 5.91 Å². The van der Waals surface area contributed by atoms with Crippen molar-refractivity contribution < 1.29 is 9.53 Å². The van der Waals surface area contributed by atoms with E-state index < -0.39 is 0 Å². The Morgan fingerprint density at radius 3 is 2.48 bits per heavy atom. The fourth-order valence-corrected chi connectivity index (χ4v) is 4.10. The van der Waals surface area contributed by atoms with Gasteiger partial charge in [0.05, 0.1) is 6.61 Å². The molecule has 0 radical (unpaired) electrons. The molecule has 0 aromatic heterocycles. The lowest BCUT2D eigenvalue weighted by atomic mass is 9.89. The third-order valence-electron chi connectivity index (χ3n) is 5.41. The van der Waals surface area contributed by atoms with Crippen molar-refractivity contribution in [3.63, 3.8) is 0 Å². The molecule has 1 fully saturated rings. The number of rotatable bonds is 6. The number of nitrogens with zero attached hydrogens (tertiary/aromatic N) is 1. The van der Waals surface area contributed by atoms with Crippen LogP contribution < -0.4 is 0 Å². The van der Waals surface area contributed by atoms with Gasteiger partial charge in [-0.05, 0) is 59.7 Å². The molecule has 1 aliphatic carbocycles. The summed E-state index contributed by atoms with van der Waals surface area (Å²) in [6.45, 7) is 1.31. The Labute approximate surface area is 167 Å². The van der Waals surface area contributed by atoms with Crippen LogP contribution in [0, 0.1) is 5.92 Å². The van der Waals surface area contributed by atoms with Gasteiger partial charge in [0.25, 0.3) is 5.91 Å². The molecule has 2 aromatic rings. The molecular formula is C23H28ClNO2. The largest absolute Gasteiger partial charge is 0.380 e. The molecule has 0 atom stereocenters. The second-order valence-electron chi connectivity index (χ2n) is 7.50. The van der Waals surface area contributed by atoms with E-state index in [2.05, 4.69) is 0 Å². The number of benzene rings is 2. The average molecular weight is 386 g/mol. The van der Waals surface area contributed by atoms with Crippen LogP contribution in [0.3, 0.4) is 0 Å². The number of hydrogen-bond donors (Lipinski definition) is 0. The molecule has 0 spiro atoms. The Hall–Kier alpha value is -1.84. The van der Waals surface area contributed by atoms with Crippen LogP contribution in [-0.4, -0.2) is 31.5 Å². The van der Waals surface area contributed by atoms with Crippen LogP contribution in [0.15, 0.2) is 42.5 Å². The first-order valence-electron chi connectivity index (χ1n) is 9.71. The zero-order chi connectivity index (χ0) is 19.2. The van der Waals surface area contributed by atoms with Gasteiger partial charge in [0.2, 0.25) is 0 Å². The summed E-state index contributed by atoms with van der Waals surface area (Å²) in [5.41, 5.74) is 3.87. The van der Waals surface area contributed by atoms with Crippen molar-refractivity contribution in [2.24, 2.45) is 5.92 Å². The van der Waals surface area contributed by atoms with Gasteiger partial charge in [-0.3, -0.25) is 4.79 Å². The number of amides is 1. The predicted molar refractivity (Wildman–Crippen MR) is 111 cm³/mol. The van der Waals surface area contributed by atoms with Crippen LogP contribution in [-0.2, 0) is 11.3 Å². The average Bonchev–Trinajstić information content (AvgIpc) is 2.69. The molecular weight excluding hydrogens is 358 g/mol. The molecule has 0 heterocycles. The molecule has 1 amide bonds. The van der Waals surface area contributed by atoms with Gasteiger partial charge in [0, 0.05) is 31.3 Å². The number of carbonyl (C=O) groups is 1. The van der Waals surface area contributed by atoms with Gasteiger partial charge < -0.3 is 9.64 Å². The summed E-state index contributed by atoms with van der Waals surface area (Å²) in [7, 11) is 3.59. The molecule has 0 unspecified atom stereocenters. The number of hydrogen-bond acceptors (Lipinski definition) is 2. The van der Waals surface area contributed by atoms with E-state index >= 15 is 0 Å². The summed E-state index contributed by atoms with van der Waals surface area (Å²) in [5.74, 6) is 0.722. The Balaban J connectivity index is 1.79. The van der Waals surface area contributed by atoms with Crippen LogP contribution in [0.25, 0.3) is 11.1 Å². The van der Waals surface area contributed by atoms with Crippen molar-refractivity contribution in [2.45, 2.75) is 38.7 Å². The first-order chi connectivity index (χ1) is 13.1. The standard InChI is InChI=1S/C23H28ClNO2/c1-25(15-17-6-4-3-5-7-17)23(26)19-10-13-22(20(14-19)16-27-2)18-8-11-21(24)12-9-18/h8-14,17H,3-7,15-16H2,1-2H3. The molecule has 1 saturated carbocycles. The number of methoxy groups -OCH3 is 1. The molecule has 4 heteroatoms. The zero-order valence-electron chi connectivity index (χ0n) is 16.2. The lowest BCUT2D eigenvalue weighted by Gasteiger charge is -2.27. The fourth-order valence-electron chi connectivity index (χ4n) is 3.97. The minimum atomic E-state index is 0.0839. The van der Waals surface area contributed by atoms with E-state index in [1.54, 1.807) is 7.11 Å². The van der Waals surface area contributed by atoms with Crippen molar-refractivity contribution in [1.82, 2.24) is 4.90 Å². The monoisotopic (exact) mass is 385 g/mol. The summed E-state index contributed by atoms with van der Waals surface area (Å²) in [6, 6.07) is 13.6. The topological polar surface area (TPSA) is 29.5 Å². The first kappa shape index (κ1) is 19.9. The number of carbonyl (C=O) groups excluding carboxylic acids is 1. The van der Waals surface area contributed by atoms with Gasteiger partial charge in [-0.1, -0.05) is 49.1 Å². The summed E-state index contributed by atoms with van der Waals surface area (Å²) < 4.78 is 5.38. The van der Waals surface area contributed by atoms with E-state index in [0.29, 0.717) is 17.5 Å². The van der Waals surface area contributed by atoms with E-state index in [1.807, 2.05) is 54.4 Å². The van der Waals surface area contributed by atoms with Crippen molar-refractivity contribution in [2.75, 3.05) is 20.7 Å². The normalized spacial score (nSPS) is 14.9. The zero-order valence-corrected chi connectivity index (χ0v) is 17.0. The Morgan fingerprint density at radius 1 is 1.11 bits per heavy atom. The van der Waals surface area contributed by atoms with Crippen LogP contribution in [0.5, 0.6) is 0 Å². The van der Waals surface area contributed by atoms with E-state index in [9.17, 15) is 4.79 Å². The minimum absolute atomic E-state index is 0.0839. The van der Waals surface area contributed by atoms with E-state index in [0.717, 1.165) is 28.8 Å². The Kier molecular flexibility index (Phi) is 6.92. The minimum Gasteiger partial charge on any atom is -0.380 e. The molecule has 0 N–H and O–H groups in total. The predicted octanol–water partition coefficient (Wildman–Crippen LogP) is 5.81. The molecule has 3 nitrogen and oxygen atoms in total. The maximum atomic E-state index is 12.9. The van der Waals surface area contributed by atoms with Gasteiger partial charge in [0.15, 0.2) is 0 Å². The van der Waals surface area contributed by atoms with E-state index in [4.69, 9.17) is 16.3 Å². The van der Waals surface area contributed by atoms with Crippen molar-refractivity contribution in [3.8, 4) is 11.1 Å². The molecule has 144 valence electrons. The third kappa shape index (κ3) is 5.12. The van der Waals surface area contributed by atoms with Crippen molar-refractivity contribution in [3.05, 3.63) is 58.6 Å². The molecule has 0 bridgehead atoms. The van der Waals surface area contributed by atoms with Gasteiger partial charge >= 0.3 is 0 Å². The third-order valence-corrected chi connectivity index (χ3v) is 5.66. The van der Waals surface area contributed by atoms with Crippen LogP contribution >= 0.6 is 11.6 Å². The summed E-state index contributed by atoms with van der Waals surface area (Å²) in [6.07, 6.45) is 6.39. The maximum Gasteiger partial charge on any atom is 0.253 e. The second-order valence-corrected chi connectivity index (χ2v) is 7.94. The Bertz CT molecular complexity index is 766. The number of ether oxygens (including phenoxy) is 1. The smallest absolute Gasteiger partial charge is 0.253 e. The molecule has 2 aromatic carbocycles. The fraction of sp³-hybridized carbons (Fsp3) is 0.435.